The van der Waals surface area contributed by atoms with E-state index in [0.29, 0.717) is 5.69 Å². The molecule has 122 valence electrons. The van der Waals surface area contributed by atoms with Crippen LogP contribution in [0.15, 0.2) is 32.3 Å². The van der Waals surface area contributed by atoms with Crippen molar-refractivity contribution >= 4 is 39.2 Å². The van der Waals surface area contributed by atoms with Gasteiger partial charge in [-0.3, -0.25) is 15.5 Å². The second kappa shape index (κ2) is 7.65. The second-order valence-electron chi connectivity index (χ2n) is 4.28. The molecule has 1 heterocycles. The lowest BCUT2D eigenvalue weighted by atomic mass is 10.3. The quantitative estimate of drug-likeness (QED) is 0.333. The van der Waals surface area contributed by atoms with Gasteiger partial charge in [0.25, 0.3) is 0 Å². The predicted molar refractivity (Wildman–Crippen MR) is 81.8 cm³/mol. The molecule has 23 heavy (non-hydrogen) atoms. The summed E-state index contributed by atoms with van der Waals surface area (Å²) in [5, 5.41) is 19.2. The van der Waals surface area contributed by atoms with Gasteiger partial charge in [-0.25, -0.2) is 14.0 Å². The fraction of sp³-hybridized carbons (Fsp3) is 0.167. The molecule has 0 bridgehead atoms. The van der Waals surface area contributed by atoms with Crippen LogP contribution in [0.5, 0.6) is 0 Å². The molecular weight excluding hydrogens is 375 g/mol. The van der Waals surface area contributed by atoms with Crippen LogP contribution >= 0.6 is 15.9 Å². The number of hydrogen-bond acceptors (Lipinski definition) is 7. The lowest BCUT2D eigenvalue weighted by molar-refractivity contribution is -0.117. The van der Waals surface area contributed by atoms with Crippen LogP contribution in [0, 0.1) is 5.82 Å². The predicted octanol–water partition coefficient (Wildman–Crippen LogP) is 1.32. The SMILES string of the molecule is NC(=O)CCNc1nonc1C(=Nc1ccc(F)c(Br)c1)NO. The number of carbonyl (C=O) groups is 1. The van der Waals surface area contributed by atoms with E-state index in [0.717, 1.165) is 0 Å². The van der Waals surface area contributed by atoms with Crippen molar-refractivity contribution in [1.29, 1.82) is 0 Å². The Morgan fingerprint density at radius 3 is 2.91 bits per heavy atom. The van der Waals surface area contributed by atoms with E-state index in [1.165, 1.54) is 18.2 Å². The van der Waals surface area contributed by atoms with Crippen molar-refractivity contribution in [2.75, 3.05) is 11.9 Å². The maximum absolute atomic E-state index is 13.2. The first-order valence-electron chi connectivity index (χ1n) is 6.30. The zero-order valence-corrected chi connectivity index (χ0v) is 13.2. The molecule has 0 aliphatic heterocycles. The van der Waals surface area contributed by atoms with Gasteiger partial charge in [-0.15, -0.1) is 0 Å². The van der Waals surface area contributed by atoms with Gasteiger partial charge in [0.05, 0.1) is 10.2 Å². The summed E-state index contributed by atoms with van der Waals surface area (Å²) in [6, 6.07) is 4.04. The molecule has 5 N–H and O–H groups in total. The molecule has 0 saturated heterocycles. The zero-order valence-electron chi connectivity index (χ0n) is 11.6. The first-order chi connectivity index (χ1) is 11.0. The highest BCUT2D eigenvalue weighted by molar-refractivity contribution is 9.10. The van der Waals surface area contributed by atoms with E-state index in [1.807, 2.05) is 5.48 Å². The molecule has 0 saturated carbocycles. The molecule has 0 atom stereocenters. The Morgan fingerprint density at radius 1 is 1.48 bits per heavy atom. The highest BCUT2D eigenvalue weighted by Crippen LogP contribution is 2.23. The summed E-state index contributed by atoms with van der Waals surface area (Å²) in [4.78, 5) is 14.8. The number of benzene rings is 1. The van der Waals surface area contributed by atoms with E-state index in [1.54, 1.807) is 0 Å². The van der Waals surface area contributed by atoms with E-state index >= 15 is 0 Å². The summed E-state index contributed by atoms with van der Waals surface area (Å²) >= 11 is 3.04. The third-order valence-electron chi connectivity index (χ3n) is 2.63. The third-order valence-corrected chi connectivity index (χ3v) is 3.23. The van der Waals surface area contributed by atoms with Gasteiger partial charge in [0.2, 0.25) is 11.7 Å². The number of anilines is 1. The van der Waals surface area contributed by atoms with Crippen LogP contribution in [0.4, 0.5) is 15.9 Å². The highest BCUT2D eigenvalue weighted by atomic mass is 79.9. The highest BCUT2D eigenvalue weighted by Gasteiger charge is 2.16. The van der Waals surface area contributed by atoms with Crippen molar-refractivity contribution in [3.8, 4) is 0 Å². The van der Waals surface area contributed by atoms with Crippen LogP contribution in [0.2, 0.25) is 0 Å². The van der Waals surface area contributed by atoms with E-state index in [-0.39, 0.29) is 34.8 Å². The van der Waals surface area contributed by atoms with Crippen molar-refractivity contribution in [3.63, 3.8) is 0 Å². The van der Waals surface area contributed by atoms with Crippen LogP contribution in [0.3, 0.4) is 0 Å². The number of aromatic nitrogens is 2. The number of amidine groups is 1. The number of halogens is 2. The maximum atomic E-state index is 13.2. The molecular formula is C12H12BrFN6O3. The van der Waals surface area contributed by atoms with Crippen molar-refractivity contribution < 1.29 is 19.0 Å². The average molecular weight is 387 g/mol. The lowest BCUT2D eigenvalue weighted by Gasteiger charge is -2.05. The molecule has 0 unspecified atom stereocenters. The molecule has 0 spiro atoms. The molecule has 1 aromatic carbocycles. The fourth-order valence-electron chi connectivity index (χ4n) is 1.58. The first-order valence-corrected chi connectivity index (χ1v) is 7.09. The molecule has 0 radical (unpaired) electrons. The molecule has 1 amide bonds. The smallest absolute Gasteiger partial charge is 0.219 e. The number of hydrogen-bond donors (Lipinski definition) is 4. The van der Waals surface area contributed by atoms with Gasteiger partial charge < -0.3 is 11.1 Å². The summed E-state index contributed by atoms with van der Waals surface area (Å²) in [6.45, 7) is 0.206. The molecule has 1 aromatic heterocycles. The number of aliphatic imine (C=N–C) groups is 1. The van der Waals surface area contributed by atoms with Gasteiger partial charge in [-0.2, -0.15) is 0 Å². The molecule has 0 aliphatic carbocycles. The van der Waals surface area contributed by atoms with E-state index in [2.05, 4.69) is 41.2 Å². The van der Waals surface area contributed by atoms with Gasteiger partial charge in [-0.05, 0) is 44.4 Å². The summed E-state index contributed by atoms with van der Waals surface area (Å²) < 4.78 is 18.0. The van der Waals surface area contributed by atoms with Gasteiger partial charge >= 0.3 is 0 Å². The van der Waals surface area contributed by atoms with E-state index < -0.39 is 11.7 Å². The molecule has 0 fully saturated rings. The van der Waals surface area contributed by atoms with Gasteiger partial charge in [0, 0.05) is 13.0 Å². The third kappa shape index (κ3) is 4.47. The number of primary amides is 1. The molecule has 11 heteroatoms. The summed E-state index contributed by atoms with van der Waals surface area (Å²) in [5.41, 5.74) is 7.34. The number of nitrogens with one attached hydrogen (secondary N) is 2. The summed E-state index contributed by atoms with van der Waals surface area (Å²) in [6.07, 6.45) is 0.0796. The Bertz CT molecular complexity index is 735. The number of nitrogens with zero attached hydrogens (tertiary/aromatic N) is 3. The average Bonchev–Trinajstić information content (AvgIpc) is 2.96. The van der Waals surface area contributed by atoms with Crippen molar-refractivity contribution in [2.45, 2.75) is 6.42 Å². The number of nitrogens with two attached hydrogens (primary N) is 1. The van der Waals surface area contributed by atoms with E-state index in [9.17, 15) is 14.4 Å². The monoisotopic (exact) mass is 386 g/mol. The minimum Gasteiger partial charge on any atom is -0.370 e. The van der Waals surface area contributed by atoms with Crippen LogP contribution in [0.25, 0.3) is 0 Å². The fourth-order valence-corrected chi connectivity index (χ4v) is 1.95. The van der Waals surface area contributed by atoms with Gasteiger partial charge in [0.15, 0.2) is 11.5 Å². The summed E-state index contributed by atoms with van der Waals surface area (Å²) in [5.74, 6) is -0.848. The Balaban J connectivity index is 2.23. The van der Waals surface area contributed by atoms with Crippen molar-refractivity contribution in [3.05, 3.63) is 34.2 Å². The van der Waals surface area contributed by atoms with Crippen LogP contribution < -0.4 is 16.5 Å². The molecule has 9 nitrogen and oxygen atoms in total. The van der Waals surface area contributed by atoms with E-state index in [4.69, 9.17) is 5.73 Å². The first kappa shape index (κ1) is 16.8. The number of amides is 1. The molecule has 0 aliphatic rings. The van der Waals surface area contributed by atoms with Crippen molar-refractivity contribution in [1.82, 2.24) is 15.8 Å². The largest absolute Gasteiger partial charge is 0.370 e. The van der Waals surface area contributed by atoms with Gasteiger partial charge in [0.1, 0.15) is 5.82 Å². The normalized spacial score (nSPS) is 11.3. The van der Waals surface area contributed by atoms with Crippen LogP contribution in [0.1, 0.15) is 12.1 Å². The minimum absolute atomic E-state index is 0.0775. The Labute approximate surface area is 137 Å². The molecule has 2 rings (SSSR count). The van der Waals surface area contributed by atoms with Gasteiger partial charge in [-0.1, -0.05) is 0 Å². The summed E-state index contributed by atoms with van der Waals surface area (Å²) in [7, 11) is 0. The second-order valence-corrected chi connectivity index (χ2v) is 5.13. The lowest BCUT2D eigenvalue weighted by Crippen LogP contribution is -2.23. The minimum atomic E-state index is -0.485. The topological polar surface area (TPSA) is 139 Å². The van der Waals surface area contributed by atoms with Crippen LogP contribution in [-0.2, 0) is 4.79 Å². The Kier molecular flexibility index (Phi) is 5.60. The number of rotatable bonds is 6. The Morgan fingerprint density at radius 2 is 2.26 bits per heavy atom. The molecule has 2 aromatic rings. The van der Waals surface area contributed by atoms with Crippen LogP contribution in [-0.4, -0.2) is 33.8 Å². The Hall–Kier alpha value is -2.53. The van der Waals surface area contributed by atoms with Crippen molar-refractivity contribution in [2.24, 2.45) is 10.7 Å². The number of carbonyl (C=O) groups excluding carboxylic acids is 1. The maximum Gasteiger partial charge on any atom is 0.219 e. The number of hydroxylamine groups is 1. The zero-order chi connectivity index (χ0) is 16.8. The standard InChI is InChI=1S/C12H12BrFN6O3/c13-7-5-6(1-2-8(7)14)17-12(18-22)10-11(20-23-19-10)16-4-3-9(15)21/h1-2,5,22H,3-4H2,(H2,15,21)(H,16,20)(H,17,18).